The molecule has 0 spiro atoms. The Morgan fingerprint density at radius 2 is 1.85 bits per heavy atom. The fourth-order valence-electron chi connectivity index (χ4n) is 2.05. The fourth-order valence-corrected chi connectivity index (χ4v) is 3.03. The molecule has 0 aliphatic rings. The first-order valence-electron chi connectivity index (χ1n) is 6.70. The average molecular weight is 287 g/mol. The predicted molar refractivity (Wildman–Crippen MR) is 86.6 cm³/mol. The van der Waals surface area contributed by atoms with Crippen LogP contribution in [-0.4, -0.2) is 12.9 Å². The molecular formula is C17H21NOS. The summed E-state index contributed by atoms with van der Waals surface area (Å²) >= 11 is 1.78. The quantitative estimate of drug-likeness (QED) is 0.841. The van der Waals surface area contributed by atoms with E-state index in [0.29, 0.717) is 0 Å². The number of thioether (sulfide) groups is 1. The maximum absolute atomic E-state index is 6.29. The second kappa shape index (κ2) is 6.82. The van der Waals surface area contributed by atoms with E-state index in [0.717, 1.165) is 17.1 Å². The van der Waals surface area contributed by atoms with Crippen molar-refractivity contribution >= 4 is 11.8 Å². The van der Waals surface area contributed by atoms with E-state index >= 15 is 0 Å². The van der Waals surface area contributed by atoms with Crippen LogP contribution in [0.2, 0.25) is 0 Å². The smallest absolute Gasteiger partial charge is 0.123 e. The normalized spacial score (nSPS) is 12.2. The summed E-state index contributed by atoms with van der Waals surface area (Å²) in [4.78, 5) is 1.26. The molecule has 2 N–H and O–H groups in total. The van der Waals surface area contributed by atoms with E-state index in [9.17, 15) is 0 Å². The molecule has 0 aromatic heterocycles. The number of methoxy groups -OCH3 is 1. The number of aryl methyl sites for hydroxylation is 2. The van der Waals surface area contributed by atoms with Crippen LogP contribution in [0.5, 0.6) is 5.75 Å². The number of hydrogen-bond donors (Lipinski definition) is 1. The lowest BCUT2D eigenvalue weighted by Gasteiger charge is -2.15. The molecule has 0 aliphatic carbocycles. The van der Waals surface area contributed by atoms with Gasteiger partial charge in [-0.3, -0.25) is 0 Å². The molecule has 1 atom stereocenters. The Morgan fingerprint density at radius 1 is 1.10 bits per heavy atom. The van der Waals surface area contributed by atoms with Gasteiger partial charge in [0.05, 0.1) is 7.11 Å². The number of benzene rings is 2. The van der Waals surface area contributed by atoms with Crippen molar-refractivity contribution in [2.45, 2.75) is 24.8 Å². The van der Waals surface area contributed by atoms with Crippen LogP contribution in [0, 0.1) is 13.8 Å². The summed E-state index contributed by atoms with van der Waals surface area (Å²) in [5, 5.41) is 0. The van der Waals surface area contributed by atoms with Crippen LogP contribution in [0.4, 0.5) is 0 Å². The Kier molecular flexibility index (Phi) is 5.10. The summed E-state index contributed by atoms with van der Waals surface area (Å²) < 4.78 is 5.36. The number of hydrogen-bond acceptors (Lipinski definition) is 3. The molecular weight excluding hydrogens is 266 g/mol. The van der Waals surface area contributed by atoms with Crippen LogP contribution < -0.4 is 10.5 Å². The number of para-hydroxylation sites is 1. The van der Waals surface area contributed by atoms with Crippen LogP contribution in [-0.2, 0) is 0 Å². The first-order chi connectivity index (χ1) is 9.61. The number of ether oxygens (including phenoxy) is 1. The number of nitrogens with two attached hydrogens (primary N) is 1. The summed E-state index contributed by atoms with van der Waals surface area (Å²) in [6, 6.07) is 14.4. The van der Waals surface area contributed by atoms with Gasteiger partial charge in [-0.05, 0) is 43.2 Å². The summed E-state index contributed by atoms with van der Waals surface area (Å²) in [5.41, 5.74) is 9.99. The average Bonchev–Trinajstić information content (AvgIpc) is 2.48. The van der Waals surface area contributed by atoms with E-state index < -0.39 is 0 Å². The van der Waals surface area contributed by atoms with Gasteiger partial charge in [-0.2, -0.15) is 0 Å². The summed E-state index contributed by atoms with van der Waals surface area (Å²) in [6.07, 6.45) is 0. The minimum atomic E-state index is -0.0299. The van der Waals surface area contributed by atoms with Crippen LogP contribution in [0.3, 0.4) is 0 Å². The van der Waals surface area contributed by atoms with E-state index in [2.05, 4.69) is 32.0 Å². The standard InChI is InChI=1S/C17H21NOS/c1-12-8-9-14(10-13(12)2)20-11-16(18)15-6-4-5-7-17(15)19-3/h4-10,16H,11,18H2,1-3H3. The van der Waals surface area contributed by atoms with Gasteiger partial charge in [0.25, 0.3) is 0 Å². The highest BCUT2D eigenvalue weighted by Crippen LogP contribution is 2.29. The molecule has 0 saturated carbocycles. The van der Waals surface area contributed by atoms with Gasteiger partial charge in [-0.25, -0.2) is 0 Å². The lowest BCUT2D eigenvalue weighted by Crippen LogP contribution is -2.14. The van der Waals surface area contributed by atoms with Gasteiger partial charge in [-0.15, -0.1) is 11.8 Å². The highest BCUT2D eigenvalue weighted by Gasteiger charge is 2.11. The highest BCUT2D eigenvalue weighted by molar-refractivity contribution is 7.99. The lowest BCUT2D eigenvalue weighted by molar-refractivity contribution is 0.407. The van der Waals surface area contributed by atoms with Gasteiger partial charge in [0.15, 0.2) is 0 Å². The van der Waals surface area contributed by atoms with Crippen LogP contribution in [0.15, 0.2) is 47.4 Å². The Morgan fingerprint density at radius 3 is 2.55 bits per heavy atom. The van der Waals surface area contributed by atoms with Crippen molar-refractivity contribution in [3.05, 3.63) is 59.2 Å². The zero-order chi connectivity index (χ0) is 14.5. The molecule has 0 radical (unpaired) electrons. The van der Waals surface area contributed by atoms with E-state index in [1.807, 2.05) is 24.3 Å². The van der Waals surface area contributed by atoms with E-state index in [1.165, 1.54) is 16.0 Å². The maximum atomic E-state index is 6.29. The van der Waals surface area contributed by atoms with Crippen molar-refractivity contribution < 1.29 is 4.74 Å². The first-order valence-corrected chi connectivity index (χ1v) is 7.69. The second-order valence-corrected chi connectivity index (χ2v) is 6.00. The molecule has 20 heavy (non-hydrogen) atoms. The summed E-state index contributed by atoms with van der Waals surface area (Å²) in [6.45, 7) is 4.27. The minimum absolute atomic E-state index is 0.0299. The Balaban J connectivity index is 2.04. The summed E-state index contributed by atoms with van der Waals surface area (Å²) in [7, 11) is 1.68. The predicted octanol–water partition coefficient (Wildman–Crippen LogP) is 4.10. The zero-order valence-corrected chi connectivity index (χ0v) is 13.0. The molecule has 0 saturated heterocycles. The zero-order valence-electron chi connectivity index (χ0n) is 12.2. The van der Waals surface area contributed by atoms with Crippen LogP contribution >= 0.6 is 11.8 Å². The third-order valence-electron chi connectivity index (χ3n) is 3.45. The largest absolute Gasteiger partial charge is 0.496 e. The molecule has 0 heterocycles. The van der Waals surface area contributed by atoms with Crippen molar-refractivity contribution in [3.8, 4) is 5.75 Å². The van der Waals surface area contributed by atoms with Crippen molar-refractivity contribution in [1.82, 2.24) is 0 Å². The second-order valence-electron chi connectivity index (χ2n) is 4.91. The molecule has 2 aromatic carbocycles. The number of rotatable bonds is 5. The molecule has 2 nitrogen and oxygen atoms in total. The topological polar surface area (TPSA) is 35.2 Å². The molecule has 0 amide bonds. The Bertz CT molecular complexity index is 583. The highest BCUT2D eigenvalue weighted by atomic mass is 32.2. The molecule has 2 rings (SSSR count). The third kappa shape index (κ3) is 3.56. The monoisotopic (exact) mass is 287 g/mol. The van der Waals surface area contributed by atoms with Crippen molar-refractivity contribution in [2.75, 3.05) is 12.9 Å². The Hall–Kier alpha value is -1.45. The van der Waals surface area contributed by atoms with Gasteiger partial charge in [0.1, 0.15) is 5.75 Å². The molecule has 1 unspecified atom stereocenters. The minimum Gasteiger partial charge on any atom is -0.496 e. The summed E-state index contributed by atoms with van der Waals surface area (Å²) in [5.74, 6) is 1.70. The molecule has 0 aliphatic heterocycles. The van der Waals surface area contributed by atoms with E-state index in [4.69, 9.17) is 10.5 Å². The van der Waals surface area contributed by atoms with Crippen molar-refractivity contribution in [2.24, 2.45) is 5.73 Å². The van der Waals surface area contributed by atoms with Gasteiger partial charge in [0, 0.05) is 22.3 Å². The van der Waals surface area contributed by atoms with Crippen molar-refractivity contribution in [1.29, 1.82) is 0 Å². The lowest BCUT2D eigenvalue weighted by atomic mass is 10.1. The van der Waals surface area contributed by atoms with Gasteiger partial charge < -0.3 is 10.5 Å². The molecule has 2 aromatic rings. The van der Waals surface area contributed by atoms with Gasteiger partial charge in [-0.1, -0.05) is 24.3 Å². The van der Waals surface area contributed by atoms with Crippen molar-refractivity contribution in [3.63, 3.8) is 0 Å². The van der Waals surface area contributed by atoms with Gasteiger partial charge >= 0.3 is 0 Å². The molecule has 106 valence electrons. The third-order valence-corrected chi connectivity index (χ3v) is 4.56. The molecule has 3 heteroatoms. The fraction of sp³-hybridized carbons (Fsp3) is 0.294. The van der Waals surface area contributed by atoms with Gasteiger partial charge in [0.2, 0.25) is 0 Å². The van der Waals surface area contributed by atoms with Crippen LogP contribution in [0.25, 0.3) is 0 Å². The van der Waals surface area contributed by atoms with E-state index in [1.54, 1.807) is 18.9 Å². The van der Waals surface area contributed by atoms with Crippen LogP contribution in [0.1, 0.15) is 22.7 Å². The Labute approximate surface area is 125 Å². The first kappa shape index (κ1) is 14.9. The van der Waals surface area contributed by atoms with E-state index in [-0.39, 0.29) is 6.04 Å². The molecule has 0 fully saturated rings. The maximum Gasteiger partial charge on any atom is 0.123 e. The SMILES string of the molecule is COc1ccccc1C(N)CSc1ccc(C)c(C)c1. The molecule has 0 bridgehead atoms.